The number of hydrogen-bond donors (Lipinski definition) is 2. The first-order valence-corrected chi connectivity index (χ1v) is 11.6. The van der Waals surface area contributed by atoms with Crippen molar-refractivity contribution in [1.82, 2.24) is 0 Å². The number of carbonyl (C=O) groups is 1. The van der Waals surface area contributed by atoms with Gasteiger partial charge in [0.15, 0.2) is 12.8 Å². The van der Waals surface area contributed by atoms with Crippen LogP contribution in [0.25, 0.3) is 0 Å². The van der Waals surface area contributed by atoms with Crippen LogP contribution in [0.1, 0.15) is 38.7 Å². The Hall–Kier alpha value is -1.15. The Labute approximate surface area is 194 Å². The number of carbonyl (C=O) groups excluding carboxylic acids is 1. The molecular formula is C24H33BrN2O4. The predicted octanol–water partition coefficient (Wildman–Crippen LogP) is -1.36. The lowest BCUT2D eigenvalue weighted by Crippen LogP contribution is -3.00. The van der Waals surface area contributed by atoms with Crippen molar-refractivity contribution in [3.05, 3.63) is 29.8 Å². The van der Waals surface area contributed by atoms with Crippen LogP contribution in [0.15, 0.2) is 24.3 Å². The normalized spacial score (nSPS) is 47.7. The molecule has 5 bridgehead atoms. The number of nitrogens with zero attached hydrogens (tertiary/aromatic N) is 2. The molecule has 4 unspecified atom stereocenters. The third kappa shape index (κ3) is 2.22. The van der Waals surface area contributed by atoms with Crippen LogP contribution >= 0.6 is 0 Å². The highest BCUT2D eigenvalue weighted by Crippen LogP contribution is 2.71. The largest absolute Gasteiger partial charge is 1.00 e. The fraction of sp³-hybridized carbons (Fsp3) is 0.708. The van der Waals surface area contributed by atoms with Gasteiger partial charge in [0.2, 0.25) is 0 Å². The van der Waals surface area contributed by atoms with E-state index in [4.69, 9.17) is 4.74 Å². The third-order valence-corrected chi connectivity index (χ3v) is 9.83. The van der Waals surface area contributed by atoms with Crippen LogP contribution in [0.3, 0.4) is 0 Å². The van der Waals surface area contributed by atoms with Gasteiger partial charge in [-0.3, -0.25) is 4.48 Å². The molecule has 0 radical (unpaired) electrons. The van der Waals surface area contributed by atoms with E-state index in [-0.39, 0.29) is 64.9 Å². The zero-order valence-electron chi connectivity index (χ0n) is 18.4. The first-order valence-electron chi connectivity index (χ1n) is 11.6. The van der Waals surface area contributed by atoms with Crippen LogP contribution in [0.4, 0.5) is 5.69 Å². The Morgan fingerprint density at radius 2 is 2.00 bits per heavy atom. The minimum atomic E-state index is -0.565. The average molecular weight is 493 g/mol. The van der Waals surface area contributed by atoms with Crippen LogP contribution in [-0.4, -0.2) is 71.3 Å². The number of ether oxygens (including phenoxy) is 1. The smallest absolute Gasteiger partial charge is 0.361 e. The van der Waals surface area contributed by atoms with Gasteiger partial charge in [0.1, 0.15) is 6.04 Å². The van der Waals surface area contributed by atoms with Crippen LogP contribution in [0.2, 0.25) is 0 Å². The van der Waals surface area contributed by atoms with Gasteiger partial charge in [-0.1, -0.05) is 25.1 Å². The molecule has 5 aliphatic heterocycles. The number of halogens is 1. The van der Waals surface area contributed by atoms with Crippen molar-refractivity contribution in [2.45, 2.75) is 69.0 Å². The van der Waals surface area contributed by atoms with Gasteiger partial charge in [-0.05, 0) is 30.9 Å². The second-order valence-electron chi connectivity index (χ2n) is 10.3. The maximum Gasteiger partial charge on any atom is 0.361 e. The van der Waals surface area contributed by atoms with Crippen LogP contribution in [0.5, 0.6) is 0 Å². The number of hydrogen-bond acceptors (Lipinski definition) is 5. The summed E-state index contributed by atoms with van der Waals surface area (Å²) in [5.74, 6) is 0.361. The molecule has 1 aliphatic carbocycles. The zero-order chi connectivity index (χ0) is 21.0. The molecule has 0 amide bonds. The highest BCUT2D eigenvalue weighted by molar-refractivity contribution is 5.71. The molecule has 6 aliphatic rings. The molecule has 6 nitrogen and oxygen atoms in total. The van der Waals surface area contributed by atoms with Crippen LogP contribution in [-0.2, 0) is 14.9 Å². The molecule has 7 heteroatoms. The number of likely N-dealkylation sites (N-methyl/N-ethyl adjacent to an activating group) is 1. The summed E-state index contributed by atoms with van der Waals surface area (Å²) >= 11 is 0. The van der Waals surface area contributed by atoms with Gasteiger partial charge < -0.3 is 36.8 Å². The molecule has 1 aromatic carbocycles. The molecule has 1 spiro atoms. The molecule has 1 aromatic rings. The lowest BCUT2D eigenvalue weighted by Gasteiger charge is -2.67. The molecule has 31 heavy (non-hydrogen) atoms. The first kappa shape index (κ1) is 21.7. The third-order valence-electron chi connectivity index (χ3n) is 9.83. The Kier molecular flexibility index (Phi) is 4.84. The molecule has 10 atom stereocenters. The Morgan fingerprint density at radius 3 is 2.71 bits per heavy atom. The predicted molar refractivity (Wildman–Crippen MR) is 112 cm³/mol. The zero-order valence-corrected chi connectivity index (χ0v) is 20.0. The SMILES string of the molecule is CCOC(=O)C[N+]12C3C[C@H](C4[C@H](O)C5(C[C@@H]41)c1ccccc1N(C)[C@@H]35)[C@H](CC)[C@H]2O.[Br-]. The minimum Gasteiger partial charge on any atom is -1.00 e. The summed E-state index contributed by atoms with van der Waals surface area (Å²) in [7, 11) is 2.14. The van der Waals surface area contributed by atoms with Gasteiger partial charge in [0.05, 0.1) is 30.2 Å². The number of aliphatic hydroxyl groups is 2. The Morgan fingerprint density at radius 1 is 1.26 bits per heavy atom. The Balaban J connectivity index is 0.00000204. The molecule has 7 rings (SSSR count). The van der Waals surface area contributed by atoms with Gasteiger partial charge in [0.25, 0.3) is 0 Å². The number of piperidine rings is 4. The molecule has 2 N–H and O–H groups in total. The monoisotopic (exact) mass is 492 g/mol. The van der Waals surface area contributed by atoms with E-state index in [0.717, 1.165) is 19.3 Å². The fourth-order valence-corrected chi connectivity index (χ4v) is 9.13. The lowest BCUT2D eigenvalue weighted by molar-refractivity contribution is -1.03. The van der Waals surface area contributed by atoms with E-state index in [2.05, 4.69) is 43.1 Å². The average Bonchev–Trinajstić information content (AvgIpc) is 3.11. The summed E-state index contributed by atoms with van der Waals surface area (Å²) in [6, 6.07) is 8.84. The van der Waals surface area contributed by atoms with E-state index in [1.807, 2.05) is 6.92 Å². The summed E-state index contributed by atoms with van der Waals surface area (Å²) < 4.78 is 5.81. The van der Waals surface area contributed by atoms with E-state index < -0.39 is 12.3 Å². The van der Waals surface area contributed by atoms with Gasteiger partial charge in [-0.25, -0.2) is 4.79 Å². The lowest BCUT2D eigenvalue weighted by atomic mass is 9.60. The first-order chi connectivity index (χ1) is 14.4. The van der Waals surface area contributed by atoms with Crippen molar-refractivity contribution in [1.29, 1.82) is 0 Å². The summed E-state index contributed by atoms with van der Waals surface area (Å²) in [4.78, 5) is 15.2. The second kappa shape index (κ2) is 6.92. The maximum absolute atomic E-state index is 12.8. The Bertz CT molecular complexity index is 913. The molecular weight excluding hydrogens is 460 g/mol. The number of anilines is 1. The summed E-state index contributed by atoms with van der Waals surface area (Å²) in [6.45, 7) is 4.55. The van der Waals surface area contributed by atoms with Gasteiger partial charge >= 0.3 is 5.97 Å². The fourth-order valence-electron chi connectivity index (χ4n) is 9.13. The number of para-hydroxylation sites is 1. The van der Waals surface area contributed by atoms with Crippen molar-refractivity contribution in [2.75, 3.05) is 25.1 Å². The number of aliphatic hydroxyl groups excluding tert-OH is 2. The molecule has 0 aromatic heterocycles. The highest BCUT2D eigenvalue weighted by atomic mass is 79.9. The number of esters is 1. The van der Waals surface area contributed by atoms with Crippen molar-refractivity contribution in [3.8, 4) is 0 Å². The van der Waals surface area contributed by atoms with Crippen LogP contribution in [0, 0.1) is 17.8 Å². The number of fused-ring (bicyclic) bond motifs is 2. The van der Waals surface area contributed by atoms with Gasteiger partial charge in [-0.15, -0.1) is 0 Å². The number of benzene rings is 1. The van der Waals surface area contributed by atoms with E-state index in [9.17, 15) is 15.0 Å². The molecule has 5 fully saturated rings. The van der Waals surface area contributed by atoms with Crippen molar-refractivity contribution in [3.63, 3.8) is 0 Å². The molecule has 1 saturated carbocycles. The topological polar surface area (TPSA) is 70.0 Å². The standard InChI is InChI=1S/C24H33N2O4.BrH/c1-4-13-14-10-17-21-24(15-8-6-7-9-16(15)25(21)3)11-18(20(14)22(24)28)26(17,23(13)29)12-19(27)30-5-2;/h6-9,13-14,17-18,20-23,28-29H,4-5,10-12H2,1-3H3;1H/q+1;/p-1/t13-,14-,17?,18-,20?,21-,22-,23+,24?,26?;/m0./s1. The second-order valence-corrected chi connectivity index (χ2v) is 10.3. The highest BCUT2D eigenvalue weighted by Gasteiger charge is 2.83. The van der Waals surface area contributed by atoms with Crippen LogP contribution < -0.4 is 21.9 Å². The van der Waals surface area contributed by atoms with Gasteiger partial charge in [0, 0.05) is 37.4 Å². The van der Waals surface area contributed by atoms with E-state index in [1.165, 1.54) is 11.3 Å². The maximum atomic E-state index is 12.8. The van der Waals surface area contributed by atoms with Gasteiger partial charge in [-0.2, -0.15) is 0 Å². The van der Waals surface area contributed by atoms with Crippen molar-refractivity contribution in [2.24, 2.45) is 17.8 Å². The van der Waals surface area contributed by atoms with Crippen molar-refractivity contribution >= 4 is 11.7 Å². The summed E-state index contributed by atoms with van der Waals surface area (Å²) in [5, 5.41) is 23.7. The minimum absolute atomic E-state index is 0. The molecule has 170 valence electrons. The van der Waals surface area contributed by atoms with E-state index in [1.54, 1.807) is 0 Å². The molecule has 4 saturated heterocycles. The molecule has 5 heterocycles. The number of rotatable bonds is 4. The quantitative estimate of drug-likeness (QED) is 0.401. The van der Waals surface area contributed by atoms with Crippen molar-refractivity contribution < 1.29 is 41.2 Å². The summed E-state index contributed by atoms with van der Waals surface area (Å²) in [5.41, 5.74) is 2.17. The van der Waals surface area contributed by atoms with E-state index >= 15 is 0 Å². The summed E-state index contributed by atoms with van der Waals surface area (Å²) in [6.07, 6.45) is 1.69. The van der Waals surface area contributed by atoms with E-state index in [0.29, 0.717) is 17.0 Å². The number of quaternary nitrogens is 1.